The van der Waals surface area contributed by atoms with E-state index >= 15 is 0 Å². The number of hydrogen-bond donors (Lipinski definition) is 1. The number of nitrogens with one attached hydrogen (secondary N) is 1. The van der Waals surface area contributed by atoms with Crippen LogP contribution in [0.5, 0.6) is 0 Å². The van der Waals surface area contributed by atoms with E-state index in [9.17, 15) is 9.18 Å². The van der Waals surface area contributed by atoms with Gasteiger partial charge in [0, 0.05) is 12.1 Å². The summed E-state index contributed by atoms with van der Waals surface area (Å²) in [5, 5.41) is 3.26. The minimum absolute atomic E-state index is 0.0570. The summed E-state index contributed by atoms with van der Waals surface area (Å²) in [6.07, 6.45) is 2.49. The molecular weight excluding hydrogens is 221 g/mol. The molecule has 4 heteroatoms. The molecule has 1 N–H and O–H groups in total. The number of benzene rings is 1. The third-order valence-electron chi connectivity index (χ3n) is 2.80. The summed E-state index contributed by atoms with van der Waals surface area (Å²) in [5.74, 6) is -0.555. The van der Waals surface area contributed by atoms with Gasteiger partial charge >= 0.3 is 5.97 Å². The molecule has 1 aliphatic heterocycles. The van der Waals surface area contributed by atoms with Crippen molar-refractivity contribution in [2.24, 2.45) is 0 Å². The molecule has 1 aromatic carbocycles. The largest absolute Gasteiger partial charge is 0.466 e. The van der Waals surface area contributed by atoms with Crippen molar-refractivity contribution in [3.63, 3.8) is 0 Å². The predicted octanol–water partition coefficient (Wildman–Crippen LogP) is 1.96. The highest BCUT2D eigenvalue weighted by molar-refractivity contribution is 5.88. The van der Waals surface area contributed by atoms with Gasteiger partial charge in [0.05, 0.1) is 13.2 Å². The van der Waals surface area contributed by atoms with Gasteiger partial charge in [-0.05, 0) is 24.1 Å². The molecule has 3 nitrogen and oxygen atoms in total. The van der Waals surface area contributed by atoms with Crippen LogP contribution in [-0.4, -0.2) is 19.6 Å². The highest BCUT2D eigenvalue weighted by Crippen LogP contribution is 2.22. The van der Waals surface area contributed by atoms with Gasteiger partial charge in [-0.15, -0.1) is 0 Å². The van der Waals surface area contributed by atoms with E-state index in [1.807, 2.05) is 6.08 Å². The topological polar surface area (TPSA) is 38.3 Å². The van der Waals surface area contributed by atoms with Crippen LogP contribution in [0.1, 0.15) is 18.0 Å². The quantitative estimate of drug-likeness (QED) is 0.796. The van der Waals surface area contributed by atoms with E-state index in [-0.39, 0.29) is 17.8 Å². The van der Waals surface area contributed by atoms with Gasteiger partial charge in [-0.3, -0.25) is 0 Å². The molecule has 0 saturated carbocycles. The molecule has 0 saturated heterocycles. The van der Waals surface area contributed by atoms with Crippen molar-refractivity contribution in [2.45, 2.75) is 12.5 Å². The molecule has 0 amide bonds. The van der Waals surface area contributed by atoms with Crippen LogP contribution >= 0.6 is 0 Å². The van der Waals surface area contributed by atoms with Crippen molar-refractivity contribution in [1.82, 2.24) is 5.32 Å². The Morgan fingerprint density at radius 1 is 1.41 bits per heavy atom. The van der Waals surface area contributed by atoms with Crippen LogP contribution in [-0.2, 0) is 9.53 Å². The number of hydrogen-bond acceptors (Lipinski definition) is 3. The summed E-state index contributed by atoms with van der Waals surface area (Å²) in [6.45, 7) is 0.711. The third kappa shape index (κ3) is 2.71. The maximum atomic E-state index is 12.8. The number of carbonyl (C=O) groups excluding carboxylic acids is 1. The molecule has 0 aliphatic carbocycles. The molecule has 0 fully saturated rings. The lowest BCUT2D eigenvalue weighted by Crippen LogP contribution is -2.27. The zero-order valence-corrected chi connectivity index (χ0v) is 9.57. The lowest BCUT2D eigenvalue weighted by molar-refractivity contribution is -0.136. The summed E-state index contributed by atoms with van der Waals surface area (Å²) >= 11 is 0. The fourth-order valence-electron chi connectivity index (χ4n) is 1.89. The van der Waals surface area contributed by atoms with Crippen molar-refractivity contribution in [3.05, 3.63) is 47.3 Å². The second-order valence-electron chi connectivity index (χ2n) is 3.92. The molecule has 1 unspecified atom stereocenters. The molecule has 90 valence electrons. The second kappa shape index (κ2) is 5.10. The van der Waals surface area contributed by atoms with Gasteiger partial charge in [0.2, 0.25) is 0 Å². The minimum Gasteiger partial charge on any atom is -0.466 e. The fraction of sp³-hybridized carbons (Fsp3) is 0.308. The zero-order valence-electron chi connectivity index (χ0n) is 9.57. The van der Waals surface area contributed by atoms with E-state index in [1.165, 1.54) is 19.2 Å². The number of ether oxygens (including phenoxy) is 1. The Morgan fingerprint density at radius 3 is 2.76 bits per heavy atom. The van der Waals surface area contributed by atoms with Crippen LogP contribution in [0.2, 0.25) is 0 Å². The number of carbonyl (C=O) groups is 1. The lowest BCUT2D eigenvalue weighted by atomic mass is 9.98. The molecule has 0 aromatic heterocycles. The summed E-state index contributed by atoms with van der Waals surface area (Å²) < 4.78 is 17.5. The smallest absolute Gasteiger partial charge is 0.333 e. The first-order chi connectivity index (χ1) is 8.20. The molecule has 0 radical (unpaired) electrons. The normalized spacial score (nSPS) is 19.6. The van der Waals surface area contributed by atoms with Crippen molar-refractivity contribution in [3.8, 4) is 0 Å². The molecule has 2 rings (SSSR count). The Labute approximate surface area is 99.3 Å². The van der Waals surface area contributed by atoms with E-state index in [2.05, 4.69) is 5.32 Å². The van der Waals surface area contributed by atoms with Crippen LogP contribution in [0.3, 0.4) is 0 Å². The first kappa shape index (κ1) is 11.8. The number of esters is 1. The molecule has 0 spiro atoms. The summed E-state index contributed by atoms with van der Waals surface area (Å²) in [7, 11) is 1.37. The predicted molar refractivity (Wildman–Crippen MR) is 61.9 cm³/mol. The Balaban J connectivity index is 2.21. The lowest BCUT2D eigenvalue weighted by Gasteiger charge is -2.22. The van der Waals surface area contributed by atoms with Gasteiger partial charge in [0.1, 0.15) is 5.82 Å². The molecule has 1 atom stereocenters. The summed E-state index contributed by atoms with van der Waals surface area (Å²) in [4.78, 5) is 11.4. The second-order valence-corrected chi connectivity index (χ2v) is 3.92. The SMILES string of the molecule is COC(=O)C1=CC(c2ccc(F)cc2)NCC1. The average molecular weight is 235 g/mol. The fourth-order valence-corrected chi connectivity index (χ4v) is 1.89. The standard InChI is InChI=1S/C13H14FNO2/c1-17-13(16)10-6-7-15-12(8-10)9-2-4-11(14)5-3-9/h2-5,8,12,15H,6-7H2,1H3. The molecule has 0 bridgehead atoms. The first-order valence-electron chi connectivity index (χ1n) is 5.48. The van der Waals surface area contributed by atoms with Crippen LogP contribution < -0.4 is 5.32 Å². The van der Waals surface area contributed by atoms with Crippen LogP contribution in [0.4, 0.5) is 4.39 Å². The molecular formula is C13H14FNO2. The summed E-state index contributed by atoms with van der Waals surface area (Å²) in [6, 6.07) is 6.19. The first-order valence-corrected chi connectivity index (χ1v) is 5.48. The van der Waals surface area contributed by atoms with E-state index in [4.69, 9.17) is 4.74 Å². The molecule has 1 aromatic rings. The van der Waals surface area contributed by atoms with E-state index in [0.717, 1.165) is 5.56 Å². The Morgan fingerprint density at radius 2 is 2.12 bits per heavy atom. The maximum Gasteiger partial charge on any atom is 0.333 e. The minimum atomic E-state index is -0.293. The van der Waals surface area contributed by atoms with Crippen molar-refractivity contribution >= 4 is 5.97 Å². The molecule has 1 aliphatic rings. The van der Waals surface area contributed by atoms with Gasteiger partial charge in [0.25, 0.3) is 0 Å². The molecule has 1 heterocycles. The van der Waals surface area contributed by atoms with Crippen LogP contribution in [0.15, 0.2) is 35.9 Å². The van der Waals surface area contributed by atoms with Crippen LogP contribution in [0, 0.1) is 5.82 Å². The number of rotatable bonds is 2. The molecule has 17 heavy (non-hydrogen) atoms. The van der Waals surface area contributed by atoms with Crippen LogP contribution in [0.25, 0.3) is 0 Å². The Bertz CT molecular complexity index is 439. The third-order valence-corrected chi connectivity index (χ3v) is 2.80. The van der Waals surface area contributed by atoms with E-state index < -0.39 is 0 Å². The van der Waals surface area contributed by atoms with Gasteiger partial charge in [-0.25, -0.2) is 9.18 Å². The Hall–Kier alpha value is -1.68. The zero-order chi connectivity index (χ0) is 12.3. The monoisotopic (exact) mass is 235 g/mol. The van der Waals surface area contributed by atoms with Crippen molar-refractivity contribution in [1.29, 1.82) is 0 Å². The number of methoxy groups -OCH3 is 1. The van der Waals surface area contributed by atoms with E-state index in [1.54, 1.807) is 12.1 Å². The Kier molecular flexibility index (Phi) is 3.54. The van der Waals surface area contributed by atoms with Crippen molar-refractivity contribution < 1.29 is 13.9 Å². The summed E-state index contributed by atoms with van der Waals surface area (Å²) in [5.41, 5.74) is 1.60. The van der Waals surface area contributed by atoms with Gasteiger partial charge in [-0.1, -0.05) is 18.2 Å². The van der Waals surface area contributed by atoms with Gasteiger partial charge in [-0.2, -0.15) is 0 Å². The van der Waals surface area contributed by atoms with Crippen molar-refractivity contribution in [2.75, 3.05) is 13.7 Å². The van der Waals surface area contributed by atoms with E-state index in [0.29, 0.717) is 18.5 Å². The van der Waals surface area contributed by atoms with Gasteiger partial charge < -0.3 is 10.1 Å². The van der Waals surface area contributed by atoms with Gasteiger partial charge in [0.15, 0.2) is 0 Å². The average Bonchev–Trinajstić information content (AvgIpc) is 2.39. The maximum absolute atomic E-state index is 12.8. The highest BCUT2D eigenvalue weighted by atomic mass is 19.1. The highest BCUT2D eigenvalue weighted by Gasteiger charge is 2.19. The number of halogens is 1.